The Balaban J connectivity index is 1.85. The van der Waals surface area contributed by atoms with Crippen LogP contribution in [-0.2, 0) is 22.4 Å². The highest BCUT2D eigenvalue weighted by molar-refractivity contribution is 5.80. The highest BCUT2D eigenvalue weighted by Gasteiger charge is 2.20. The van der Waals surface area contributed by atoms with Gasteiger partial charge in [-0.3, -0.25) is 0 Å². The second-order valence-corrected chi connectivity index (χ2v) is 8.20. The molecular formula is C28H28N2O5. The van der Waals surface area contributed by atoms with Crippen LogP contribution < -0.4 is 14.2 Å². The van der Waals surface area contributed by atoms with E-state index in [1.54, 1.807) is 33.3 Å². The summed E-state index contributed by atoms with van der Waals surface area (Å²) >= 11 is 0. The lowest BCUT2D eigenvalue weighted by Crippen LogP contribution is -2.16. The summed E-state index contributed by atoms with van der Waals surface area (Å²) in [5, 5.41) is 10.0. The third-order valence-corrected chi connectivity index (χ3v) is 6.07. The minimum absolute atomic E-state index is 0.0839. The number of aryl methyl sites for hydroxylation is 2. The van der Waals surface area contributed by atoms with Crippen LogP contribution in [0, 0.1) is 11.3 Å². The lowest BCUT2D eigenvalue weighted by molar-refractivity contribution is -0.145. The van der Waals surface area contributed by atoms with E-state index in [1.807, 2.05) is 18.2 Å². The Bertz CT molecular complexity index is 1280. The van der Waals surface area contributed by atoms with Crippen LogP contribution in [0.25, 0.3) is 22.4 Å². The number of rotatable bonds is 8. The highest BCUT2D eigenvalue weighted by atomic mass is 16.6. The van der Waals surface area contributed by atoms with Crippen LogP contribution in [0.1, 0.15) is 36.5 Å². The fraction of sp³-hybridized carbons (Fsp3) is 0.321. The average molecular weight is 473 g/mol. The first-order valence-corrected chi connectivity index (χ1v) is 11.7. The number of carbonyl (C=O) groups is 1. The van der Waals surface area contributed by atoms with Gasteiger partial charge in [0.25, 0.3) is 0 Å². The maximum Gasteiger partial charge on any atom is 0.344 e. The van der Waals surface area contributed by atoms with Crippen molar-refractivity contribution in [1.29, 1.82) is 5.26 Å². The molecule has 1 aromatic heterocycles. The number of aromatic nitrogens is 1. The quantitative estimate of drug-likeness (QED) is 0.420. The molecule has 2 aromatic carbocycles. The molecule has 0 saturated heterocycles. The highest BCUT2D eigenvalue weighted by Crippen LogP contribution is 2.38. The van der Waals surface area contributed by atoms with E-state index in [1.165, 1.54) is 24.0 Å². The number of fused-ring (bicyclic) bond motifs is 1. The van der Waals surface area contributed by atoms with Crippen LogP contribution in [0.3, 0.4) is 0 Å². The van der Waals surface area contributed by atoms with E-state index in [-0.39, 0.29) is 24.7 Å². The van der Waals surface area contributed by atoms with Crippen LogP contribution in [0.5, 0.6) is 17.4 Å². The van der Waals surface area contributed by atoms with E-state index in [9.17, 15) is 10.1 Å². The fourth-order valence-corrected chi connectivity index (χ4v) is 4.34. The molecular weight excluding hydrogens is 444 g/mol. The van der Waals surface area contributed by atoms with Gasteiger partial charge in [-0.15, -0.1) is 0 Å². The van der Waals surface area contributed by atoms with Gasteiger partial charge in [0, 0.05) is 11.1 Å². The van der Waals surface area contributed by atoms with Crippen molar-refractivity contribution in [2.24, 2.45) is 0 Å². The number of nitrogens with zero attached hydrogens (tertiary/aromatic N) is 2. The molecule has 4 rings (SSSR count). The molecule has 0 N–H and O–H groups in total. The predicted molar refractivity (Wildman–Crippen MR) is 132 cm³/mol. The second kappa shape index (κ2) is 10.9. The number of benzene rings is 2. The van der Waals surface area contributed by atoms with Crippen LogP contribution in [-0.4, -0.2) is 38.4 Å². The van der Waals surface area contributed by atoms with Crippen molar-refractivity contribution >= 4 is 5.97 Å². The maximum atomic E-state index is 12.0. The fourth-order valence-electron chi connectivity index (χ4n) is 4.34. The summed E-state index contributed by atoms with van der Waals surface area (Å²) in [5.41, 5.74) is 5.85. The minimum Gasteiger partial charge on any atom is -0.493 e. The predicted octanol–water partition coefficient (Wildman–Crippen LogP) is 5.13. The molecule has 180 valence electrons. The van der Waals surface area contributed by atoms with E-state index >= 15 is 0 Å². The van der Waals surface area contributed by atoms with Gasteiger partial charge < -0.3 is 18.9 Å². The molecule has 7 heteroatoms. The van der Waals surface area contributed by atoms with Crippen LogP contribution in [0.15, 0.2) is 42.5 Å². The van der Waals surface area contributed by atoms with Gasteiger partial charge in [-0.25, -0.2) is 9.78 Å². The molecule has 0 aliphatic heterocycles. The average Bonchev–Trinajstić information content (AvgIpc) is 2.90. The van der Waals surface area contributed by atoms with Crippen LogP contribution in [0.2, 0.25) is 0 Å². The molecule has 7 nitrogen and oxygen atoms in total. The van der Waals surface area contributed by atoms with Crippen molar-refractivity contribution < 1.29 is 23.7 Å². The molecule has 0 bridgehead atoms. The van der Waals surface area contributed by atoms with E-state index in [0.717, 1.165) is 24.0 Å². The minimum atomic E-state index is -0.523. The first-order valence-electron chi connectivity index (χ1n) is 11.7. The largest absolute Gasteiger partial charge is 0.493 e. The SMILES string of the molecule is CCOC(=O)COc1nc(-c2ccc3c(c2)CCCC3)cc(-c2ccc(OC)c(OC)c2)c1C#N. The van der Waals surface area contributed by atoms with Crippen LogP contribution >= 0.6 is 0 Å². The molecule has 0 unspecified atom stereocenters. The van der Waals surface area contributed by atoms with Gasteiger partial charge in [0.1, 0.15) is 11.6 Å². The Morgan fingerprint density at radius 1 is 0.971 bits per heavy atom. The number of hydrogen-bond acceptors (Lipinski definition) is 7. The third kappa shape index (κ3) is 5.22. The number of carbonyl (C=O) groups excluding carboxylic acids is 1. The molecule has 1 aliphatic carbocycles. The van der Waals surface area contributed by atoms with E-state index in [0.29, 0.717) is 22.8 Å². The van der Waals surface area contributed by atoms with Crippen molar-refractivity contribution in [3.8, 4) is 45.8 Å². The molecule has 0 saturated carbocycles. The standard InChI is InChI=1S/C28H28N2O5/c1-4-34-27(31)17-35-28-23(16-29)22(20-11-12-25(32-2)26(14-20)33-3)15-24(30-28)21-10-9-18-7-5-6-8-19(18)13-21/h9-15H,4-8,17H2,1-3H3. The molecule has 1 heterocycles. The summed E-state index contributed by atoms with van der Waals surface area (Å²) in [6, 6.07) is 15.9. The Labute approximate surface area is 205 Å². The number of methoxy groups -OCH3 is 2. The van der Waals surface area contributed by atoms with Gasteiger partial charge >= 0.3 is 5.97 Å². The Morgan fingerprint density at radius 2 is 1.71 bits per heavy atom. The number of ether oxygens (including phenoxy) is 4. The van der Waals surface area contributed by atoms with Gasteiger partial charge in [0.2, 0.25) is 5.88 Å². The van der Waals surface area contributed by atoms with Crippen molar-refractivity contribution in [3.63, 3.8) is 0 Å². The molecule has 0 radical (unpaired) electrons. The number of pyridine rings is 1. The lowest BCUT2D eigenvalue weighted by Gasteiger charge is -2.18. The number of nitriles is 1. The molecule has 0 spiro atoms. The normalized spacial score (nSPS) is 12.3. The maximum absolute atomic E-state index is 12.0. The summed E-state index contributed by atoms with van der Waals surface area (Å²) in [6.07, 6.45) is 4.49. The zero-order valence-electron chi connectivity index (χ0n) is 20.2. The molecule has 0 amide bonds. The van der Waals surface area contributed by atoms with Crippen molar-refractivity contribution in [3.05, 3.63) is 59.2 Å². The summed E-state index contributed by atoms with van der Waals surface area (Å²) in [5.74, 6) is 0.679. The smallest absolute Gasteiger partial charge is 0.344 e. The van der Waals surface area contributed by atoms with Gasteiger partial charge in [-0.1, -0.05) is 18.2 Å². The van der Waals surface area contributed by atoms with E-state index in [2.05, 4.69) is 23.2 Å². The molecule has 35 heavy (non-hydrogen) atoms. The van der Waals surface area contributed by atoms with Gasteiger partial charge in [0.05, 0.1) is 26.5 Å². The Hall–Kier alpha value is -4.05. The monoisotopic (exact) mass is 472 g/mol. The van der Waals surface area contributed by atoms with Crippen LogP contribution in [0.4, 0.5) is 0 Å². The molecule has 0 atom stereocenters. The van der Waals surface area contributed by atoms with Crippen molar-refractivity contribution in [1.82, 2.24) is 4.98 Å². The van der Waals surface area contributed by atoms with Crippen molar-refractivity contribution in [2.45, 2.75) is 32.6 Å². The second-order valence-electron chi connectivity index (χ2n) is 8.20. The summed E-state index contributed by atoms with van der Waals surface area (Å²) < 4.78 is 21.5. The Kier molecular flexibility index (Phi) is 7.51. The summed E-state index contributed by atoms with van der Waals surface area (Å²) in [7, 11) is 3.13. The van der Waals surface area contributed by atoms with Crippen molar-refractivity contribution in [2.75, 3.05) is 27.4 Å². The summed E-state index contributed by atoms with van der Waals surface area (Å²) in [6.45, 7) is 1.63. The molecule has 3 aromatic rings. The zero-order valence-corrected chi connectivity index (χ0v) is 20.2. The first-order chi connectivity index (χ1) is 17.1. The van der Waals surface area contributed by atoms with E-state index < -0.39 is 5.97 Å². The Morgan fingerprint density at radius 3 is 2.43 bits per heavy atom. The lowest BCUT2D eigenvalue weighted by atomic mass is 9.89. The first kappa shape index (κ1) is 24.1. The van der Waals surface area contributed by atoms with Gasteiger partial charge in [-0.05, 0) is 73.6 Å². The van der Waals surface area contributed by atoms with E-state index in [4.69, 9.17) is 18.9 Å². The van der Waals surface area contributed by atoms with Gasteiger partial charge in [-0.2, -0.15) is 5.26 Å². The zero-order chi connectivity index (χ0) is 24.8. The molecule has 0 fully saturated rings. The summed E-state index contributed by atoms with van der Waals surface area (Å²) in [4.78, 5) is 16.6. The van der Waals surface area contributed by atoms with Gasteiger partial charge in [0.15, 0.2) is 18.1 Å². The number of esters is 1. The third-order valence-electron chi connectivity index (χ3n) is 6.07. The molecule has 1 aliphatic rings. The number of hydrogen-bond donors (Lipinski definition) is 0. The topological polar surface area (TPSA) is 90.7 Å².